The number of hydrogen-bond acceptors (Lipinski definition) is 4. The third-order valence-corrected chi connectivity index (χ3v) is 4.97. The number of pyridine rings is 1. The molecule has 3 aromatic rings. The lowest BCUT2D eigenvalue weighted by molar-refractivity contribution is -0.0503. The first-order chi connectivity index (χ1) is 11.6. The fourth-order valence-electron chi connectivity index (χ4n) is 3.35. The fourth-order valence-corrected chi connectivity index (χ4v) is 3.35. The summed E-state index contributed by atoms with van der Waals surface area (Å²) in [5.74, 6) is 0. The number of aliphatic hydroxyl groups is 1. The van der Waals surface area contributed by atoms with Crippen molar-refractivity contribution in [2.24, 2.45) is 0 Å². The summed E-state index contributed by atoms with van der Waals surface area (Å²) in [6.07, 6.45) is 4.91. The number of hydrogen-bond donors (Lipinski definition) is 1. The maximum atomic E-state index is 11.2. The van der Waals surface area contributed by atoms with Crippen molar-refractivity contribution in [3.05, 3.63) is 36.8 Å². The number of para-hydroxylation sites is 1. The molecule has 0 aliphatic rings. The van der Waals surface area contributed by atoms with Gasteiger partial charge in [0, 0.05) is 12.0 Å². The number of benzene rings is 1. The first kappa shape index (κ1) is 16.9. The van der Waals surface area contributed by atoms with Crippen LogP contribution in [0.25, 0.3) is 21.9 Å². The third-order valence-electron chi connectivity index (χ3n) is 4.97. The predicted molar refractivity (Wildman–Crippen MR) is 96.1 cm³/mol. The van der Waals surface area contributed by atoms with Gasteiger partial charge < -0.3 is 14.4 Å². The van der Waals surface area contributed by atoms with Crippen LogP contribution in [-0.2, 0) is 4.74 Å². The highest BCUT2D eigenvalue weighted by Gasteiger charge is 2.36. The Morgan fingerprint density at radius 1 is 1.12 bits per heavy atom. The highest BCUT2D eigenvalue weighted by Crippen LogP contribution is 2.34. The Morgan fingerprint density at radius 3 is 2.58 bits per heavy atom. The minimum atomic E-state index is -0.840. The summed E-state index contributed by atoms with van der Waals surface area (Å²) in [5.41, 5.74) is 1.93. The topological polar surface area (TPSA) is 60.2 Å². The summed E-state index contributed by atoms with van der Waals surface area (Å²) >= 11 is 0. The molecule has 0 unspecified atom stereocenters. The second-order valence-corrected chi connectivity index (χ2v) is 6.15. The van der Waals surface area contributed by atoms with Crippen LogP contribution in [0.3, 0.4) is 0 Å². The SMILES string of the molecule is CCOC[C@@H](n1cnc2cnc3ccccc3c21)C(O)(CC)CC. The molecule has 24 heavy (non-hydrogen) atoms. The Hall–Kier alpha value is -1.98. The van der Waals surface area contributed by atoms with Crippen molar-refractivity contribution in [1.82, 2.24) is 14.5 Å². The molecule has 1 aromatic carbocycles. The Morgan fingerprint density at radius 2 is 1.88 bits per heavy atom. The van der Waals surface area contributed by atoms with E-state index < -0.39 is 5.60 Å². The molecule has 0 saturated carbocycles. The molecule has 2 heterocycles. The Balaban J connectivity index is 2.22. The van der Waals surface area contributed by atoms with E-state index in [9.17, 15) is 5.11 Å². The van der Waals surface area contributed by atoms with Gasteiger partial charge in [0.1, 0.15) is 5.52 Å². The lowest BCUT2D eigenvalue weighted by atomic mass is 9.88. The third kappa shape index (κ3) is 2.78. The summed E-state index contributed by atoms with van der Waals surface area (Å²) in [6, 6.07) is 7.84. The smallest absolute Gasteiger partial charge is 0.107 e. The zero-order valence-electron chi connectivity index (χ0n) is 14.6. The normalized spacial score (nSPS) is 13.7. The Kier molecular flexibility index (Phi) is 4.83. The first-order valence-electron chi connectivity index (χ1n) is 8.65. The molecule has 5 heteroatoms. The van der Waals surface area contributed by atoms with E-state index in [0.717, 1.165) is 21.9 Å². The molecule has 0 spiro atoms. The van der Waals surface area contributed by atoms with Crippen molar-refractivity contribution in [2.75, 3.05) is 13.2 Å². The van der Waals surface area contributed by atoms with Crippen LogP contribution >= 0.6 is 0 Å². The molecule has 128 valence electrons. The van der Waals surface area contributed by atoms with Crippen LogP contribution in [0, 0.1) is 0 Å². The Bertz CT molecular complexity index is 824. The van der Waals surface area contributed by atoms with E-state index in [4.69, 9.17) is 4.74 Å². The van der Waals surface area contributed by atoms with Crippen molar-refractivity contribution in [3.63, 3.8) is 0 Å². The highest BCUT2D eigenvalue weighted by atomic mass is 16.5. The van der Waals surface area contributed by atoms with Gasteiger partial charge in [0.25, 0.3) is 0 Å². The lowest BCUT2D eigenvalue weighted by Crippen LogP contribution is -2.41. The average molecular weight is 327 g/mol. The minimum Gasteiger partial charge on any atom is -0.388 e. The minimum absolute atomic E-state index is 0.191. The van der Waals surface area contributed by atoms with Gasteiger partial charge in [-0.25, -0.2) is 4.98 Å². The number of aromatic nitrogens is 3. The molecule has 0 aliphatic heterocycles. The van der Waals surface area contributed by atoms with Crippen LogP contribution in [0.15, 0.2) is 36.8 Å². The molecule has 3 rings (SSSR count). The van der Waals surface area contributed by atoms with E-state index in [1.54, 1.807) is 12.5 Å². The van der Waals surface area contributed by atoms with E-state index in [0.29, 0.717) is 26.1 Å². The first-order valence-corrected chi connectivity index (χ1v) is 8.65. The van der Waals surface area contributed by atoms with Crippen molar-refractivity contribution < 1.29 is 9.84 Å². The van der Waals surface area contributed by atoms with Gasteiger partial charge in [-0.1, -0.05) is 32.0 Å². The number of ether oxygens (including phenoxy) is 1. The molecule has 2 aromatic heterocycles. The van der Waals surface area contributed by atoms with Crippen LogP contribution in [0.5, 0.6) is 0 Å². The van der Waals surface area contributed by atoms with E-state index in [1.165, 1.54) is 0 Å². The van der Waals surface area contributed by atoms with Gasteiger partial charge in [-0.2, -0.15) is 0 Å². The van der Waals surface area contributed by atoms with Crippen molar-refractivity contribution in [2.45, 2.75) is 45.3 Å². The molecular weight excluding hydrogens is 302 g/mol. The average Bonchev–Trinajstić information content (AvgIpc) is 3.06. The number of nitrogens with zero attached hydrogens (tertiary/aromatic N) is 3. The second-order valence-electron chi connectivity index (χ2n) is 6.15. The molecule has 0 saturated heterocycles. The molecule has 0 amide bonds. The second kappa shape index (κ2) is 6.87. The summed E-state index contributed by atoms with van der Waals surface area (Å²) in [4.78, 5) is 8.99. The zero-order chi connectivity index (χ0) is 17.2. The summed E-state index contributed by atoms with van der Waals surface area (Å²) in [6.45, 7) is 7.08. The standard InChI is InChI=1S/C19H25N3O2/c1-4-19(23,5-2)17(12-24-6-3)22-13-21-16-11-20-15-10-8-7-9-14(15)18(16)22/h7-11,13,17,23H,4-6,12H2,1-3H3/t17-/m1/s1. The quantitative estimate of drug-likeness (QED) is 0.718. The molecular formula is C19H25N3O2. The van der Waals surface area contributed by atoms with Gasteiger partial charge in [-0.3, -0.25) is 4.98 Å². The number of fused-ring (bicyclic) bond motifs is 3. The van der Waals surface area contributed by atoms with E-state index >= 15 is 0 Å². The predicted octanol–water partition coefficient (Wildman–Crippen LogP) is 3.71. The maximum absolute atomic E-state index is 11.2. The Labute approximate surface area is 142 Å². The molecule has 0 fully saturated rings. The number of imidazole rings is 1. The van der Waals surface area contributed by atoms with Gasteiger partial charge in [-0.05, 0) is 25.8 Å². The highest BCUT2D eigenvalue weighted by molar-refractivity contribution is 6.02. The van der Waals surface area contributed by atoms with E-state index in [2.05, 4.69) is 20.6 Å². The van der Waals surface area contributed by atoms with Crippen LogP contribution in [0.1, 0.15) is 39.7 Å². The van der Waals surface area contributed by atoms with E-state index in [-0.39, 0.29) is 6.04 Å². The summed E-state index contributed by atoms with van der Waals surface area (Å²) in [7, 11) is 0. The van der Waals surface area contributed by atoms with Crippen molar-refractivity contribution >= 4 is 21.9 Å². The molecule has 1 N–H and O–H groups in total. The summed E-state index contributed by atoms with van der Waals surface area (Å²) < 4.78 is 7.78. The van der Waals surface area contributed by atoms with Gasteiger partial charge in [0.15, 0.2) is 0 Å². The molecule has 0 bridgehead atoms. The van der Waals surface area contributed by atoms with Crippen LogP contribution in [0.2, 0.25) is 0 Å². The number of rotatable bonds is 7. The van der Waals surface area contributed by atoms with Gasteiger partial charge >= 0.3 is 0 Å². The van der Waals surface area contributed by atoms with Crippen molar-refractivity contribution in [3.8, 4) is 0 Å². The van der Waals surface area contributed by atoms with E-state index in [1.807, 2.05) is 39.0 Å². The summed E-state index contributed by atoms with van der Waals surface area (Å²) in [5, 5.41) is 12.2. The maximum Gasteiger partial charge on any atom is 0.107 e. The zero-order valence-corrected chi connectivity index (χ0v) is 14.6. The van der Waals surface area contributed by atoms with Gasteiger partial charge in [0.2, 0.25) is 0 Å². The van der Waals surface area contributed by atoms with Crippen molar-refractivity contribution in [1.29, 1.82) is 0 Å². The van der Waals surface area contributed by atoms with Crippen LogP contribution in [-0.4, -0.2) is 38.5 Å². The molecule has 0 aliphatic carbocycles. The van der Waals surface area contributed by atoms with Gasteiger partial charge in [-0.15, -0.1) is 0 Å². The molecule has 1 atom stereocenters. The largest absolute Gasteiger partial charge is 0.388 e. The van der Waals surface area contributed by atoms with Crippen LogP contribution in [0.4, 0.5) is 0 Å². The monoisotopic (exact) mass is 327 g/mol. The van der Waals surface area contributed by atoms with Gasteiger partial charge in [0.05, 0.1) is 41.8 Å². The lowest BCUT2D eigenvalue weighted by Gasteiger charge is -2.35. The fraction of sp³-hybridized carbons (Fsp3) is 0.474. The molecule has 5 nitrogen and oxygen atoms in total. The molecule has 0 radical (unpaired) electrons. The van der Waals surface area contributed by atoms with Crippen LogP contribution < -0.4 is 0 Å².